The van der Waals surface area contributed by atoms with E-state index in [4.69, 9.17) is 11.6 Å². The number of carbonyl (C=O) groups is 1. The van der Waals surface area contributed by atoms with Gasteiger partial charge in [0.15, 0.2) is 0 Å². The number of rotatable bonds is 5. The topological polar surface area (TPSA) is 64.0 Å². The van der Waals surface area contributed by atoms with Gasteiger partial charge in [-0.25, -0.2) is 0 Å². The highest BCUT2D eigenvalue weighted by Crippen LogP contribution is 2.15. The number of amides is 1. The minimum atomic E-state index is -0.265. The van der Waals surface area contributed by atoms with Gasteiger partial charge in [0, 0.05) is 23.5 Å². The van der Waals surface area contributed by atoms with E-state index in [1.54, 1.807) is 18.5 Å². The van der Waals surface area contributed by atoms with Gasteiger partial charge in [-0.3, -0.25) is 14.6 Å². The lowest BCUT2D eigenvalue weighted by molar-refractivity contribution is 0.0949. The SMILES string of the molecule is O=C(NCc1ccccn1)c1ccc(=O)n(Cc2ccccc2Cl)c1. The average molecular weight is 354 g/mol. The number of pyridine rings is 2. The van der Waals surface area contributed by atoms with Crippen LogP contribution in [-0.4, -0.2) is 15.5 Å². The summed E-state index contributed by atoms with van der Waals surface area (Å²) in [5.74, 6) is -0.265. The van der Waals surface area contributed by atoms with Gasteiger partial charge >= 0.3 is 0 Å². The molecule has 0 aliphatic heterocycles. The molecule has 5 nitrogen and oxygen atoms in total. The number of halogens is 1. The first kappa shape index (κ1) is 16.9. The predicted octanol–water partition coefficient (Wildman–Crippen LogP) is 2.88. The van der Waals surface area contributed by atoms with Gasteiger partial charge in [-0.05, 0) is 29.8 Å². The summed E-state index contributed by atoms with van der Waals surface area (Å²) in [6.07, 6.45) is 3.21. The number of aromatic nitrogens is 2. The quantitative estimate of drug-likeness (QED) is 0.767. The molecule has 0 aliphatic carbocycles. The zero-order valence-corrected chi connectivity index (χ0v) is 14.1. The van der Waals surface area contributed by atoms with Crippen LogP contribution in [0.4, 0.5) is 0 Å². The first-order chi connectivity index (χ1) is 12.1. The fourth-order valence-corrected chi connectivity index (χ4v) is 2.57. The van der Waals surface area contributed by atoms with E-state index in [-0.39, 0.29) is 11.5 Å². The van der Waals surface area contributed by atoms with Crippen LogP contribution in [0.5, 0.6) is 0 Å². The largest absolute Gasteiger partial charge is 0.346 e. The molecule has 1 aromatic carbocycles. The summed E-state index contributed by atoms with van der Waals surface area (Å²) in [5, 5.41) is 3.38. The average Bonchev–Trinajstić information content (AvgIpc) is 2.64. The lowest BCUT2D eigenvalue weighted by Crippen LogP contribution is -2.26. The molecule has 0 atom stereocenters. The van der Waals surface area contributed by atoms with Gasteiger partial charge in [0.25, 0.3) is 11.5 Å². The van der Waals surface area contributed by atoms with Gasteiger partial charge in [-0.1, -0.05) is 35.9 Å². The van der Waals surface area contributed by atoms with E-state index >= 15 is 0 Å². The minimum absolute atomic E-state index is 0.193. The zero-order valence-electron chi connectivity index (χ0n) is 13.4. The third-order valence-corrected chi connectivity index (χ3v) is 4.07. The molecule has 1 amide bonds. The smallest absolute Gasteiger partial charge is 0.253 e. The van der Waals surface area contributed by atoms with Crippen molar-refractivity contribution in [2.45, 2.75) is 13.1 Å². The summed E-state index contributed by atoms with van der Waals surface area (Å²) < 4.78 is 1.47. The Balaban J connectivity index is 1.75. The maximum atomic E-state index is 12.3. The van der Waals surface area contributed by atoms with Crippen LogP contribution < -0.4 is 10.9 Å². The molecule has 25 heavy (non-hydrogen) atoms. The number of hydrogen-bond acceptors (Lipinski definition) is 3. The van der Waals surface area contributed by atoms with Crippen LogP contribution in [0.2, 0.25) is 5.02 Å². The number of carbonyl (C=O) groups excluding carboxylic acids is 1. The van der Waals surface area contributed by atoms with Crippen LogP contribution in [0.1, 0.15) is 21.6 Å². The van der Waals surface area contributed by atoms with E-state index in [1.807, 2.05) is 36.4 Å². The Bertz CT molecular complexity index is 939. The summed E-state index contributed by atoms with van der Waals surface area (Å²) in [5.41, 5.74) is 1.79. The highest BCUT2D eigenvalue weighted by molar-refractivity contribution is 6.31. The summed E-state index contributed by atoms with van der Waals surface area (Å²) in [7, 11) is 0. The zero-order chi connectivity index (χ0) is 17.6. The Hall–Kier alpha value is -2.92. The molecule has 126 valence electrons. The third-order valence-electron chi connectivity index (χ3n) is 3.70. The predicted molar refractivity (Wildman–Crippen MR) is 96.7 cm³/mol. The van der Waals surface area contributed by atoms with Crippen molar-refractivity contribution in [3.05, 3.63) is 99.2 Å². The van der Waals surface area contributed by atoms with Gasteiger partial charge in [-0.15, -0.1) is 0 Å². The van der Waals surface area contributed by atoms with Gasteiger partial charge in [-0.2, -0.15) is 0 Å². The molecule has 0 unspecified atom stereocenters. The molecule has 3 rings (SSSR count). The minimum Gasteiger partial charge on any atom is -0.346 e. The van der Waals surface area contributed by atoms with Crippen molar-refractivity contribution in [2.75, 3.05) is 0 Å². The Morgan fingerprint density at radius 1 is 1.08 bits per heavy atom. The summed E-state index contributed by atoms with van der Waals surface area (Å²) in [6.45, 7) is 0.628. The van der Waals surface area contributed by atoms with Gasteiger partial charge in [0.05, 0.1) is 24.3 Å². The maximum absolute atomic E-state index is 12.3. The van der Waals surface area contributed by atoms with Crippen molar-refractivity contribution in [1.29, 1.82) is 0 Å². The van der Waals surface area contributed by atoms with E-state index < -0.39 is 0 Å². The lowest BCUT2D eigenvalue weighted by Gasteiger charge is -2.10. The van der Waals surface area contributed by atoms with Crippen LogP contribution in [-0.2, 0) is 13.1 Å². The molecule has 0 spiro atoms. The van der Waals surface area contributed by atoms with Crippen LogP contribution in [0.3, 0.4) is 0 Å². The molecule has 3 aromatic rings. The Morgan fingerprint density at radius 2 is 1.88 bits per heavy atom. The van der Waals surface area contributed by atoms with Crippen molar-refractivity contribution < 1.29 is 4.79 Å². The summed E-state index contributed by atoms with van der Waals surface area (Å²) in [4.78, 5) is 28.5. The van der Waals surface area contributed by atoms with Crippen LogP contribution in [0, 0.1) is 0 Å². The third kappa shape index (κ3) is 4.33. The number of hydrogen-bond donors (Lipinski definition) is 1. The highest BCUT2D eigenvalue weighted by atomic mass is 35.5. The first-order valence-corrected chi connectivity index (χ1v) is 8.13. The number of nitrogens with one attached hydrogen (secondary N) is 1. The molecule has 2 aromatic heterocycles. The maximum Gasteiger partial charge on any atom is 0.253 e. The highest BCUT2D eigenvalue weighted by Gasteiger charge is 2.09. The molecule has 0 saturated carbocycles. The number of nitrogens with zero attached hydrogens (tertiary/aromatic N) is 2. The number of benzene rings is 1. The Labute approximate surface area is 149 Å². The second-order valence-corrected chi connectivity index (χ2v) is 5.89. The molecule has 0 fully saturated rings. The molecule has 0 aliphatic rings. The molecule has 0 saturated heterocycles. The van der Waals surface area contributed by atoms with E-state index in [0.717, 1.165) is 11.3 Å². The van der Waals surface area contributed by atoms with Crippen LogP contribution in [0.25, 0.3) is 0 Å². The summed E-state index contributed by atoms with van der Waals surface area (Å²) in [6, 6.07) is 15.7. The summed E-state index contributed by atoms with van der Waals surface area (Å²) >= 11 is 6.14. The van der Waals surface area contributed by atoms with Crippen LogP contribution in [0.15, 0.2) is 71.8 Å². The van der Waals surface area contributed by atoms with Crippen molar-refractivity contribution in [3.63, 3.8) is 0 Å². The lowest BCUT2D eigenvalue weighted by atomic mass is 10.2. The van der Waals surface area contributed by atoms with E-state index in [2.05, 4.69) is 10.3 Å². The first-order valence-electron chi connectivity index (χ1n) is 7.75. The molecule has 0 bridgehead atoms. The molecule has 6 heteroatoms. The monoisotopic (exact) mass is 353 g/mol. The van der Waals surface area contributed by atoms with E-state index in [0.29, 0.717) is 23.7 Å². The van der Waals surface area contributed by atoms with Crippen molar-refractivity contribution in [1.82, 2.24) is 14.9 Å². The van der Waals surface area contributed by atoms with Crippen molar-refractivity contribution in [2.24, 2.45) is 0 Å². The van der Waals surface area contributed by atoms with Gasteiger partial charge in [0.2, 0.25) is 0 Å². The fraction of sp³-hybridized carbons (Fsp3) is 0.105. The van der Waals surface area contributed by atoms with E-state index in [1.165, 1.54) is 16.7 Å². The Morgan fingerprint density at radius 3 is 2.64 bits per heavy atom. The van der Waals surface area contributed by atoms with E-state index in [9.17, 15) is 9.59 Å². The Kier molecular flexibility index (Phi) is 5.26. The molecule has 0 radical (unpaired) electrons. The van der Waals surface area contributed by atoms with Crippen molar-refractivity contribution in [3.8, 4) is 0 Å². The molecular formula is C19H16ClN3O2. The normalized spacial score (nSPS) is 10.4. The van der Waals surface area contributed by atoms with Gasteiger partial charge < -0.3 is 9.88 Å². The van der Waals surface area contributed by atoms with Gasteiger partial charge in [0.1, 0.15) is 0 Å². The standard InChI is InChI=1S/C19H16ClN3O2/c20-17-7-2-1-5-14(17)12-23-13-15(8-9-18(23)24)19(25)22-11-16-6-3-4-10-21-16/h1-10,13H,11-12H2,(H,22,25). The van der Waals surface area contributed by atoms with Crippen molar-refractivity contribution >= 4 is 17.5 Å². The van der Waals surface area contributed by atoms with Crippen LogP contribution >= 0.6 is 11.6 Å². The second kappa shape index (κ2) is 7.77. The fourth-order valence-electron chi connectivity index (χ4n) is 2.37. The molecule has 1 N–H and O–H groups in total. The molecule has 2 heterocycles. The second-order valence-electron chi connectivity index (χ2n) is 5.48. The molecular weight excluding hydrogens is 338 g/mol.